The minimum absolute atomic E-state index is 0.902. The van der Waals surface area contributed by atoms with Crippen LogP contribution in [0.2, 0.25) is 0 Å². The maximum atomic E-state index is 5.80. The van der Waals surface area contributed by atoms with E-state index in [1.807, 2.05) is 24.3 Å². The van der Waals surface area contributed by atoms with E-state index >= 15 is 0 Å². The molecule has 0 aliphatic heterocycles. The van der Waals surface area contributed by atoms with Crippen molar-refractivity contribution in [3.8, 4) is 0 Å². The highest BCUT2D eigenvalue weighted by Crippen LogP contribution is 2.35. The van der Waals surface area contributed by atoms with Crippen LogP contribution in [0.3, 0.4) is 0 Å². The molecule has 0 saturated carbocycles. The summed E-state index contributed by atoms with van der Waals surface area (Å²) in [7, 11) is 0. The van der Waals surface area contributed by atoms with Gasteiger partial charge in [-0.3, -0.25) is 0 Å². The van der Waals surface area contributed by atoms with Gasteiger partial charge in [-0.1, -0.05) is 49.4 Å². The Morgan fingerprint density at radius 3 is 2.68 bits per heavy atom. The molecule has 0 bridgehead atoms. The average Bonchev–Trinajstić information content (AvgIpc) is 3.17. The molecule has 0 amide bonds. The second-order valence-electron chi connectivity index (χ2n) is 7.66. The molecule has 1 N–H and O–H groups in total. The number of benzene rings is 3. The molecule has 31 heavy (non-hydrogen) atoms. The summed E-state index contributed by atoms with van der Waals surface area (Å²) in [5.74, 6) is 0.918. The number of rotatable bonds is 8. The minimum atomic E-state index is 0.902. The van der Waals surface area contributed by atoms with Gasteiger partial charge in [-0.2, -0.15) is 0 Å². The number of hydrogen-bond donors (Lipinski definition) is 1. The number of thiophene rings is 1. The van der Waals surface area contributed by atoms with E-state index in [1.165, 1.54) is 31.3 Å². The molecule has 0 unspecified atom stereocenters. The lowest BCUT2D eigenvalue weighted by Gasteiger charge is -2.13. The quantitative estimate of drug-likeness (QED) is 0.285. The molecule has 0 spiro atoms. The van der Waals surface area contributed by atoms with Gasteiger partial charge in [-0.25, -0.2) is 0 Å². The molecule has 1 heterocycles. The third-order valence-corrected chi connectivity index (χ3v) is 6.68. The van der Waals surface area contributed by atoms with Crippen LogP contribution in [0.4, 0.5) is 5.69 Å². The van der Waals surface area contributed by atoms with Crippen LogP contribution in [0.15, 0.2) is 79.1 Å². The number of anilines is 1. The Morgan fingerprint density at radius 2 is 1.87 bits per heavy atom. The first-order valence-corrected chi connectivity index (χ1v) is 11.7. The summed E-state index contributed by atoms with van der Waals surface area (Å²) in [6.07, 6.45) is 7.71. The van der Waals surface area contributed by atoms with Crippen molar-refractivity contribution < 1.29 is 4.74 Å². The monoisotopic (exact) mass is 427 g/mol. The van der Waals surface area contributed by atoms with E-state index in [4.69, 9.17) is 4.74 Å². The molecule has 3 aromatic carbocycles. The lowest BCUT2D eigenvalue weighted by molar-refractivity contribution is 0.434. The van der Waals surface area contributed by atoms with Crippen molar-refractivity contribution >= 4 is 43.0 Å². The number of ether oxygens (including phenoxy) is 1. The third kappa shape index (κ3) is 4.67. The van der Waals surface area contributed by atoms with Gasteiger partial charge >= 0.3 is 0 Å². The van der Waals surface area contributed by atoms with Gasteiger partial charge in [0, 0.05) is 38.0 Å². The van der Waals surface area contributed by atoms with E-state index < -0.39 is 0 Å². The van der Waals surface area contributed by atoms with E-state index in [0.29, 0.717) is 0 Å². The van der Waals surface area contributed by atoms with Crippen molar-refractivity contribution in [1.29, 1.82) is 0 Å². The molecule has 0 radical (unpaired) electrons. The van der Waals surface area contributed by atoms with E-state index in [0.717, 1.165) is 36.4 Å². The molecule has 0 saturated heterocycles. The van der Waals surface area contributed by atoms with E-state index in [2.05, 4.69) is 85.9 Å². The first-order valence-electron chi connectivity index (χ1n) is 10.9. The zero-order chi connectivity index (χ0) is 21.6. The van der Waals surface area contributed by atoms with Gasteiger partial charge in [0.2, 0.25) is 0 Å². The molecule has 4 aromatic rings. The van der Waals surface area contributed by atoms with E-state index in [1.54, 1.807) is 6.26 Å². The number of aryl methyl sites for hydroxylation is 1. The van der Waals surface area contributed by atoms with Crippen LogP contribution in [-0.2, 0) is 11.2 Å². The predicted molar refractivity (Wildman–Crippen MR) is 137 cm³/mol. The van der Waals surface area contributed by atoms with Crippen LogP contribution >= 0.6 is 11.3 Å². The van der Waals surface area contributed by atoms with Crippen LogP contribution < -0.4 is 5.32 Å². The summed E-state index contributed by atoms with van der Waals surface area (Å²) in [5.41, 5.74) is 4.90. The highest BCUT2D eigenvalue weighted by molar-refractivity contribution is 7.26. The number of allylic oxidation sites excluding steroid dienone is 2. The zero-order valence-corrected chi connectivity index (χ0v) is 19.3. The van der Waals surface area contributed by atoms with Crippen molar-refractivity contribution in [2.24, 2.45) is 0 Å². The zero-order valence-electron chi connectivity index (χ0n) is 18.4. The number of nitrogens with one attached hydrogen (secondary N) is 1. The van der Waals surface area contributed by atoms with Crippen LogP contribution in [0.25, 0.3) is 25.9 Å². The van der Waals surface area contributed by atoms with Gasteiger partial charge in [0.1, 0.15) is 5.76 Å². The molecule has 0 atom stereocenters. The second-order valence-corrected chi connectivity index (χ2v) is 8.71. The van der Waals surface area contributed by atoms with Crippen molar-refractivity contribution in [1.82, 2.24) is 0 Å². The van der Waals surface area contributed by atoms with Crippen molar-refractivity contribution in [2.45, 2.75) is 33.6 Å². The van der Waals surface area contributed by atoms with Crippen LogP contribution in [-0.4, -0.2) is 6.54 Å². The fourth-order valence-corrected chi connectivity index (χ4v) is 5.19. The number of hydrogen-bond acceptors (Lipinski definition) is 3. The molecule has 1 aromatic heterocycles. The largest absolute Gasteiger partial charge is 0.465 e. The highest BCUT2D eigenvalue weighted by Gasteiger charge is 2.09. The van der Waals surface area contributed by atoms with Crippen LogP contribution in [0, 0.1) is 6.92 Å². The topological polar surface area (TPSA) is 21.3 Å². The van der Waals surface area contributed by atoms with Gasteiger partial charge in [0.05, 0.1) is 6.26 Å². The van der Waals surface area contributed by atoms with Gasteiger partial charge in [-0.05, 0) is 68.2 Å². The molecule has 0 aliphatic carbocycles. The summed E-state index contributed by atoms with van der Waals surface area (Å²) in [6, 6.07) is 21.9. The minimum Gasteiger partial charge on any atom is -0.465 e. The van der Waals surface area contributed by atoms with Crippen molar-refractivity contribution in [2.75, 3.05) is 11.9 Å². The van der Waals surface area contributed by atoms with E-state index in [9.17, 15) is 0 Å². The van der Waals surface area contributed by atoms with Crippen molar-refractivity contribution in [3.63, 3.8) is 0 Å². The maximum Gasteiger partial charge on any atom is 0.129 e. The summed E-state index contributed by atoms with van der Waals surface area (Å²) in [4.78, 5) is 0. The Bertz CT molecular complexity index is 1250. The van der Waals surface area contributed by atoms with Crippen LogP contribution in [0.1, 0.15) is 37.0 Å². The Labute approximate surface area is 188 Å². The molecule has 3 heteroatoms. The first kappa shape index (κ1) is 21.2. The smallest absolute Gasteiger partial charge is 0.129 e. The Morgan fingerprint density at radius 1 is 1.03 bits per heavy atom. The van der Waals surface area contributed by atoms with Crippen LogP contribution in [0.5, 0.6) is 0 Å². The Kier molecular flexibility index (Phi) is 6.73. The standard InChI is InChI=1S/C28H29NOS/c1-4-9-26(30-18-5-2)23-15-14-22(19-20(23)3)29-17-16-21-10-8-12-25-24-11-6-7-13-27(24)31-28(21)25/h5-15,18-19,29H,4,16-17H2,1-3H3. The fourth-order valence-electron chi connectivity index (χ4n) is 3.94. The van der Waals surface area contributed by atoms with Gasteiger partial charge in [-0.15, -0.1) is 11.3 Å². The van der Waals surface area contributed by atoms with E-state index in [-0.39, 0.29) is 0 Å². The third-order valence-electron chi connectivity index (χ3n) is 5.42. The summed E-state index contributed by atoms with van der Waals surface area (Å²) in [6.45, 7) is 7.13. The average molecular weight is 428 g/mol. The molecule has 0 fully saturated rings. The Hall–Kier alpha value is -3.04. The summed E-state index contributed by atoms with van der Waals surface area (Å²) in [5, 5.41) is 6.33. The lowest BCUT2D eigenvalue weighted by Crippen LogP contribution is -2.05. The molecular formula is C28H29NOS. The lowest BCUT2D eigenvalue weighted by atomic mass is 10.0. The number of fused-ring (bicyclic) bond motifs is 3. The molecule has 2 nitrogen and oxygen atoms in total. The second kappa shape index (κ2) is 9.84. The molecule has 4 rings (SSSR count). The highest BCUT2D eigenvalue weighted by atomic mass is 32.1. The molecule has 158 valence electrons. The normalized spacial score (nSPS) is 12.2. The molecule has 0 aliphatic rings. The SMILES string of the molecule is CC=COC(=CCC)c1ccc(NCCc2cccc3c2sc2ccccc23)cc1C. The fraction of sp³-hybridized carbons (Fsp3) is 0.214. The predicted octanol–water partition coefficient (Wildman–Crippen LogP) is 8.32. The summed E-state index contributed by atoms with van der Waals surface area (Å²) < 4.78 is 8.58. The Balaban J connectivity index is 1.48. The summed E-state index contributed by atoms with van der Waals surface area (Å²) >= 11 is 1.90. The van der Waals surface area contributed by atoms with Gasteiger partial charge in [0.25, 0.3) is 0 Å². The van der Waals surface area contributed by atoms with Gasteiger partial charge < -0.3 is 10.1 Å². The molecular weight excluding hydrogens is 398 g/mol. The maximum absolute atomic E-state index is 5.80. The first-order chi connectivity index (χ1) is 15.2. The van der Waals surface area contributed by atoms with Crippen molar-refractivity contribution in [3.05, 3.63) is 95.8 Å². The van der Waals surface area contributed by atoms with Gasteiger partial charge in [0.15, 0.2) is 0 Å².